The molecule has 6 heteroatoms. The Hall–Kier alpha value is -0.630. The molecular formula is C13H16INO3S. The third-order valence-corrected chi connectivity index (χ3v) is 5.54. The van der Waals surface area contributed by atoms with Gasteiger partial charge in [-0.1, -0.05) is 20.8 Å². The molecule has 4 nitrogen and oxygen atoms in total. The van der Waals surface area contributed by atoms with Crippen molar-refractivity contribution in [3.63, 3.8) is 0 Å². The third-order valence-electron chi connectivity index (χ3n) is 3.03. The Morgan fingerprint density at radius 3 is 2.47 bits per heavy atom. The number of hydrogen-bond donors (Lipinski definition) is 0. The van der Waals surface area contributed by atoms with E-state index in [-0.39, 0.29) is 16.9 Å². The summed E-state index contributed by atoms with van der Waals surface area (Å²) in [5.74, 6) is -0.405. The highest BCUT2D eigenvalue weighted by Gasteiger charge is 2.41. The van der Waals surface area contributed by atoms with Crippen LogP contribution >= 0.6 is 22.6 Å². The number of fused-ring (bicyclic) bond motifs is 1. The van der Waals surface area contributed by atoms with E-state index in [1.165, 1.54) is 6.07 Å². The summed E-state index contributed by atoms with van der Waals surface area (Å²) >= 11 is 2.07. The second kappa shape index (κ2) is 4.73. The van der Waals surface area contributed by atoms with Crippen molar-refractivity contribution >= 4 is 38.5 Å². The molecule has 1 aliphatic heterocycles. The van der Waals surface area contributed by atoms with E-state index in [0.29, 0.717) is 12.0 Å². The molecule has 1 amide bonds. The molecule has 104 valence electrons. The van der Waals surface area contributed by atoms with Crippen LogP contribution in [-0.4, -0.2) is 25.2 Å². The molecular weight excluding hydrogens is 377 g/mol. The quantitative estimate of drug-likeness (QED) is 0.727. The molecule has 19 heavy (non-hydrogen) atoms. The zero-order chi connectivity index (χ0) is 14.4. The summed E-state index contributed by atoms with van der Waals surface area (Å²) in [7, 11) is -3.65. The fourth-order valence-corrected chi connectivity index (χ4v) is 3.96. The highest BCUT2D eigenvalue weighted by molar-refractivity contribution is 14.1. The monoisotopic (exact) mass is 393 g/mol. The molecule has 0 spiro atoms. The van der Waals surface area contributed by atoms with Crippen LogP contribution in [0.15, 0.2) is 23.1 Å². The summed E-state index contributed by atoms with van der Waals surface area (Å²) in [4.78, 5) is 12.4. The summed E-state index contributed by atoms with van der Waals surface area (Å²) in [5.41, 5.74) is 0.278. The van der Waals surface area contributed by atoms with Crippen LogP contribution in [0.2, 0.25) is 0 Å². The molecule has 0 saturated heterocycles. The lowest BCUT2D eigenvalue weighted by molar-refractivity contribution is 0.0862. The van der Waals surface area contributed by atoms with Gasteiger partial charge in [0.05, 0.1) is 5.56 Å². The van der Waals surface area contributed by atoms with E-state index in [1.54, 1.807) is 12.1 Å². The van der Waals surface area contributed by atoms with Gasteiger partial charge in [0.2, 0.25) is 0 Å². The van der Waals surface area contributed by atoms with Gasteiger partial charge in [-0.15, -0.1) is 0 Å². The molecule has 1 heterocycles. The van der Waals surface area contributed by atoms with Crippen molar-refractivity contribution in [2.24, 2.45) is 5.41 Å². The third kappa shape index (κ3) is 2.79. The zero-order valence-electron chi connectivity index (χ0n) is 11.1. The normalized spacial score (nSPS) is 17.7. The highest BCUT2D eigenvalue weighted by atomic mass is 127. The molecule has 0 radical (unpaired) electrons. The Balaban J connectivity index is 2.38. The lowest BCUT2D eigenvalue weighted by Gasteiger charge is -2.22. The number of halogens is 1. The first kappa shape index (κ1) is 14.8. The van der Waals surface area contributed by atoms with Crippen molar-refractivity contribution in [3.8, 4) is 0 Å². The zero-order valence-corrected chi connectivity index (χ0v) is 14.1. The van der Waals surface area contributed by atoms with Crippen LogP contribution in [-0.2, 0) is 10.0 Å². The Kier molecular flexibility index (Phi) is 3.68. The van der Waals surface area contributed by atoms with E-state index in [2.05, 4.69) is 22.6 Å². The molecule has 1 aliphatic rings. The first-order valence-corrected chi connectivity index (χ1v) is 8.51. The average molecular weight is 393 g/mol. The maximum atomic E-state index is 12.3. The van der Waals surface area contributed by atoms with Crippen molar-refractivity contribution in [1.29, 1.82) is 0 Å². The molecule has 0 bridgehead atoms. The number of amides is 1. The van der Waals surface area contributed by atoms with E-state index in [4.69, 9.17) is 0 Å². The molecule has 0 N–H and O–H groups in total. The Morgan fingerprint density at radius 2 is 1.89 bits per heavy atom. The Labute approximate surface area is 127 Å². The van der Waals surface area contributed by atoms with Gasteiger partial charge in [0.25, 0.3) is 15.9 Å². The minimum Gasteiger partial charge on any atom is -0.268 e. The van der Waals surface area contributed by atoms with Gasteiger partial charge < -0.3 is 0 Å². The number of sulfonamides is 1. The van der Waals surface area contributed by atoms with Crippen LogP contribution in [0.1, 0.15) is 37.6 Å². The van der Waals surface area contributed by atoms with Gasteiger partial charge in [-0.3, -0.25) is 4.79 Å². The van der Waals surface area contributed by atoms with E-state index in [9.17, 15) is 13.2 Å². The summed E-state index contributed by atoms with van der Waals surface area (Å²) in [6, 6.07) is 4.85. The highest BCUT2D eigenvalue weighted by Crippen LogP contribution is 2.32. The van der Waals surface area contributed by atoms with Crippen molar-refractivity contribution in [1.82, 2.24) is 4.31 Å². The summed E-state index contributed by atoms with van der Waals surface area (Å²) < 4.78 is 26.5. The molecule has 2 rings (SSSR count). The van der Waals surface area contributed by atoms with Gasteiger partial charge in [-0.05, 0) is 52.6 Å². The van der Waals surface area contributed by atoms with Gasteiger partial charge in [0.15, 0.2) is 0 Å². The molecule has 0 saturated carbocycles. The van der Waals surface area contributed by atoms with Gasteiger partial charge in [-0.25, -0.2) is 12.7 Å². The number of carbonyl (C=O) groups is 1. The smallest absolute Gasteiger partial charge is 0.268 e. The first-order chi connectivity index (χ1) is 8.63. The van der Waals surface area contributed by atoms with E-state index < -0.39 is 15.9 Å². The van der Waals surface area contributed by atoms with Crippen LogP contribution < -0.4 is 0 Å². The summed E-state index contributed by atoms with van der Waals surface area (Å²) in [6.45, 7) is 6.30. The van der Waals surface area contributed by atoms with Crippen LogP contribution in [0.25, 0.3) is 0 Å². The largest absolute Gasteiger partial charge is 0.269 e. The first-order valence-electron chi connectivity index (χ1n) is 5.99. The Morgan fingerprint density at radius 1 is 1.26 bits per heavy atom. The van der Waals surface area contributed by atoms with Crippen LogP contribution in [0.4, 0.5) is 0 Å². The van der Waals surface area contributed by atoms with Gasteiger partial charge >= 0.3 is 0 Å². The second-order valence-corrected chi connectivity index (χ2v) is 8.91. The van der Waals surface area contributed by atoms with Gasteiger partial charge in [0.1, 0.15) is 4.90 Å². The molecule has 0 unspecified atom stereocenters. The van der Waals surface area contributed by atoms with E-state index >= 15 is 0 Å². The van der Waals surface area contributed by atoms with Gasteiger partial charge in [-0.2, -0.15) is 0 Å². The predicted molar refractivity (Wildman–Crippen MR) is 81.5 cm³/mol. The fraction of sp³-hybridized carbons (Fsp3) is 0.462. The number of carbonyl (C=O) groups excluding carboxylic acids is 1. The molecule has 0 aromatic heterocycles. The minimum atomic E-state index is -3.65. The maximum Gasteiger partial charge on any atom is 0.269 e. The van der Waals surface area contributed by atoms with Crippen LogP contribution in [0, 0.1) is 8.99 Å². The second-order valence-electron chi connectivity index (χ2n) is 5.83. The fourth-order valence-electron chi connectivity index (χ4n) is 1.92. The predicted octanol–water partition coefficient (Wildman–Crippen LogP) is 2.87. The summed E-state index contributed by atoms with van der Waals surface area (Å²) in [5, 5.41) is 0. The topological polar surface area (TPSA) is 54.5 Å². The SMILES string of the molecule is CC(C)(C)CCN1C(=O)c2cc(I)ccc2S1(=O)=O. The molecule has 1 aromatic carbocycles. The maximum absolute atomic E-state index is 12.3. The van der Waals surface area contributed by atoms with E-state index in [0.717, 1.165) is 7.88 Å². The van der Waals surface area contributed by atoms with E-state index in [1.807, 2.05) is 20.8 Å². The standard InChI is InChI=1S/C13H16INO3S/c1-13(2,3)6-7-15-12(16)10-8-9(14)4-5-11(10)19(15,17)18/h4-5,8H,6-7H2,1-3H3. The molecule has 1 aromatic rings. The minimum absolute atomic E-state index is 0.0149. The summed E-state index contributed by atoms with van der Waals surface area (Å²) in [6.07, 6.45) is 0.642. The Bertz CT molecular complexity index is 632. The number of benzene rings is 1. The van der Waals surface area contributed by atoms with Gasteiger partial charge in [0, 0.05) is 10.1 Å². The molecule has 0 fully saturated rings. The lowest BCUT2D eigenvalue weighted by Crippen LogP contribution is -2.32. The average Bonchev–Trinajstić information content (AvgIpc) is 2.43. The van der Waals surface area contributed by atoms with Crippen molar-refractivity contribution in [2.45, 2.75) is 32.1 Å². The number of rotatable bonds is 2. The van der Waals surface area contributed by atoms with Crippen molar-refractivity contribution in [2.75, 3.05) is 6.54 Å². The van der Waals surface area contributed by atoms with Crippen molar-refractivity contribution in [3.05, 3.63) is 27.3 Å². The molecule has 0 atom stereocenters. The van der Waals surface area contributed by atoms with Crippen LogP contribution in [0.3, 0.4) is 0 Å². The number of hydrogen-bond acceptors (Lipinski definition) is 3. The number of nitrogens with zero attached hydrogens (tertiary/aromatic N) is 1. The lowest BCUT2D eigenvalue weighted by atomic mass is 9.92. The van der Waals surface area contributed by atoms with Crippen molar-refractivity contribution < 1.29 is 13.2 Å². The van der Waals surface area contributed by atoms with Crippen LogP contribution in [0.5, 0.6) is 0 Å². The molecule has 0 aliphatic carbocycles.